The van der Waals surface area contributed by atoms with Gasteiger partial charge in [-0.05, 0) is 19.1 Å². The molecule has 148 valence electrons. The number of hydrogen-bond acceptors (Lipinski definition) is 7. The lowest BCUT2D eigenvalue weighted by Crippen LogP contribution is -2.34. The maximum atomic E-state index is 13.2. The number of hydrogen-bond donors (Lipinski definition) is 0. The normalized spacial score (nSPS) is 20.2. The molecule has 2 aromatic carbocycles. The van der Waals surface area contributed by atoms with Gasteiger partial charge in [-0.2, -0.15) is 0 Å². The first-order valence-electron chi connectivity index (χ1n) is 9.30. The molecule has 2 aliphatic heterocycles. The van der Waals surface area contributed by atoms with Gasteiger partial charge in [-0.15, -0.1) is 11.3 Å². The number of aryl methyl sites for hydroxylation is 1. The van der Waals surface area contributed by atoms with Gasteiger partial charge in [0.05, 0.1) is 16.3 Å². The van der Waals surface area contributed by atoms with Crippen molar-refractivity contribution in [2.45, 2.75) is 13.0 Å². The number of Topliss-reactive ketones (excluding diaryl/α,β-unsaturated/α-hetero) is 1. The molecule has 5 rings (SSSR count). The van der Waals surface area contributed by atoms with Crippen LogP contribution in [0.1, 0.15) is 15.4 Å². The van der Waals surface area contributed by atoms with Crippen molar-refractivity contribution in [1.82, 2.24) is 4.98 Å². The molecule has 2 unspecified atom stereocenters. The number of aromatic nitrogens is 1. The van der Waals surface area contributed by atoms with Crippen LogP contribution in [0.25, 0.3) is 10.6 Å². The summed E-state index contributed by atoms with van der Waals surface area (Å²) in [6, 6.07) is 18.1. The molecular formula is C22H15N3O4S. The van der Waals surface area contributed by atoms with Crippen molar-refractivity contribution in [3.63, 3.8) is 0 Å². The predicted octanol–water partition coefficient (Wildman–Crippen LogP) is 3.25. The summed E-state index contributed by atoms with van der Waals surface area (Å²) >= 11 is 1.23. The first-order valence-corrected chi connectivity index (χ1v) is 10.1. The lowest BCUT2D eigenvalue weighted by atomic mass is 9.96. The lowest BCUT2D eigenvalue weighted by Gasteiger charge is -2.14. The summed E-state index contributed by atoms with van der Waals surface area (Å²) in [5.74, 6) is -2.51. The standard InChI is InChI=1S/C22H15N3O4S/c1-12-19(30-20(23-12)13-8-4-2-5-9-13)17(26)16-15-18(29-24-16)22(28)25(21(15)27)14-10-6-3-7-11-14/h2-11,15,18H,1H3. The van der Waals surface area contributed by atoms with E-state index in [4.69, 9.17) is 4.84 Å². The summed E-state index contributed by atoms with van der Waals surface area (Å²) in [7, 11) is 0. The first kappa shape index (κ1) is 18.4. The highest BCUT2D eigenvalue weighted by Crippen LogP contribution is 2.36. The molecule has 1 saturated heterocycles. The molecule has 30 heavy (non-hydrogen) atoms. The van der Waals surface area contributed by atoms with Crippen LogP contribution in [-0.2, 0) is 14.4 Å². The number of benzene rings is 2. The number of anilines is 1. The molecule has 2 atom stereocenters. The van der Waals surface area contributed by atoms with E-state index < -0.39 is 29.6 Å². The molecule has 0 N–H and O–H groups in total. The fraction of sp³-hybridized carbons (Fsp3) is 0.136. The highest BCUT2D eigenvalue weighted by molar-refractivity contribution is 7.18. The van der Waals surface area contributed by atoms with E-state index in [1.54, 1.807) is 37.3 Å². The number of oxime groups is 1. The fourth-order valence-corrected chi connectivity index (χ4v) is 4.65. The van der Waals surface area contributed by atoms with Crippen molar-refractivity contribution in [2.24, 2.45) is 11.1 Å². The van der Waals surface area contributed by atoms with Gasteiger partial charge in [-0.3, -0.25) is 14.4 Å². The summed E-state index contributed by atoms with van der Waals surface area (Å²) in [6.07, 6.45) is -1.11. The van der Waals surface area contributed by atoms with E-state index in [0.717, 1.165) is 10.5 Å². The van der Waals surface area contributed by atoms with Crippen LogP contribution >= 0.6 is 11.3 Å². The van der Waals surface area contributed by atoms with Gasteiger partial charge in [0.1, 0.15) is 16.6 Å². The minimum Gasteiger partial charge on any atom is -0.381 e. The van der Waals surface area contributed by atoms with Gasteiger partial charge in [0.25, 0.3) is 5.91 Å². The second-order valence-corrected chi connectivity index (χ2v) is 7.96. The fourth-order valence-electron chi connectivity index (χ4n) is 3.63. The first-order chi connectivity index (χ1) is 14.6. The van der Waals surface area contributed by atoms with Crippen molar-refractivity contribution < 1.29 is 19.2 Å². The summed E-state index contributed by atoms with van der Waals surface area (Å²) in [5, 5.41) is 4.53. The van der Waals surface area contributed by atoms with Crippen LogP contribution < -0.4 is 4.90 Å². The maximum Gasteiger partial charge on any atom is 0.278 e. The summed E-state index contributed by atoms with van der Waals surface area (Å²) in [5.41, 5.74) is 1.84. The topological polar surface area (TPSA) is 88.9 Å². The third-order valence-corrected chi connectivity index (χ3v) is 6.29. The van der Waals surface area contributed by atoms with Crippen LogP contribution in [0, 0.1) is 12.8 Å². The predicted molar refractivity (Wildman–Crippen MR) is 111 cm³/mol. The smallest absolute Gasteiger partial charge is 0.278 e. The third kappa shape index (κ3) is 2.76. The van der Waals surface area contributed by atoms with Crippen LogP contribution in [0.15, 0.2) is 65.8 Å². The zero-order valence-corrected chi connectivity index (χ0v) is 16.6. The number of rotatable bonds is 4. The van der Waals surface area contributed by atoms with Gasteiger partial charge in [0.15, 0.2) is 0 Å². The molecule has 0 saturated carbocycles. The minimum absolute atomic E-state index is 0.0526. The Morgan fingerprint density at radius 3 is 2.37 bits per heavy atom. The Morgan fingerprint density at radius 2 is 1.67 bits per heavy atom. The summed E-state index contributed by atoms with van der Waals surface area (Å²) in [4.78, 5) is 50.2. The van der Waals surface area contributed by atoms with Gasteiger partial charge >= 0.3 is 0 Å². The zero-order valence-electron chi connectivity index (χ0n) is 15.8. The van der Waals surface area contributed by atoms with E-state index in [2.05, 4.69) is 10.1 Å². The van der Waals surface area contributed by atoms with Gasteiger partial charge < -0.3 is 4.84 Å². The molecule has 0 spiro atoms. The largest absolute Gasteiger partial charge is 0.381 e. The Balaban J connectivity index is 1.46. The van der Waals surface area contributed by atoms with E-state index in [9.17, 15) is 14.4 Å². The van der Waals surface area contributed by atoms with Gasteiger partial charge in [-0.1, -0.05) is 53.7 Å². The van der Waals surface area contributed by atoms with Gasteiger partial charge in [-0.25, -0.2) is 9.88 Å². The molecule has 0 radical (unpaired) electrons. The molecule has 8 heteroatoms. The molecule has 2 aliphatic rings. The number of carbonyl (C=O) groups excluding carboxylic acids is 3. The van der Waals surface area contributed by atoms with Gasteiger partial charge in [0.2, 0.25) is 17.8 Å². The summed E-state index contributed by atoms with van der Waals surface area (Å²) < 4.78 is 0. The van der Waals surface area contributed by atoms with E-state index in [0.29, 0.717) is 21.3 Å². The molecular weight excluding hydrogens is 402 g/mol. The molecule has 0 aliphatic carbocycles. The number of para-hydroxylation sites is 1. The minimum atomic E-state index is -1.11. The Morgan fingerprint density at radius 1 is 1.00 bits per heavy atom. The molecule has 3 heterocycles. The van der Waals surface area contributed by atoms with Crippen molar-refractivity contribution in [2.75, 3.05) is 4.90 Å². The van der Waals surface area contributed by atoms with Crippen LogP contribution in [0.3, 0.4) is 0 Å². The average Bonchev–Trinajstić information content (AvgIpc) is 3.44. The summed E-state index contributed by atoms with van der Waals surface area (Å²) in [6.45, 7) is 1.74. The Bertz CT molecular complexity index is 1200. The zero-order chi connectivity index (χ0) is 20.8. The van der Waals surface area contributed by atoms with Crippen molar-refractivity contribution >= 4 is 40.3 Å². The van der Waals surface area contributed by atoms with Crippen molar-refractivity contribution in [3.8, 4) is 10.6 Å². The third-order valence-electron chi connectivity index (χ3n) is 5.08. The number of nitrogens with zero attached hydrogens (tertiary/aromatic N) is 3. The quantitative estimate of drug-likeness (QED) is 0.480. The van der Waals surface area contributed by atoms with E-state index in [-0.39, 0.29) is 5.71 Å². The molecule has 1 aromatic heterocycles. The maximum absolute atomic E-state index is 13.2. The number of fused-ring (bicyclic) bond motifs is 1. The average molecular weight is 417 g/mol. The molecule has 0 bridgehead atoms. The highest BCUT2D eigenvalue weighted by Gasteiger charge is 2.57. The number of imide groups is 1. The van der Waals surface area contributed by atoms with Crippen LogP contribution in [0.2, 0.25) is 0 Å². The number of ketones is 1. The van der Waals surface area contributed by atoms with E-state index >= 15 is 0 Å². The van der Waals surface area contributed by atoms with Gasteiger partial charge in [0, 0.05) is 5.56 Å². The van der Waals surface area contributed by atoms with Crippen LogP contribution in [0.4, 0.5) is 5.69 Å². The van der Waals surface area contributed by atoms with Crippen LogP contribution in [0.5, 0.6) is 0 Å². The number of thiazole rings is 1. The monoisotopic (exact) mass is 417 g/mol. The van der Waals surface area contributed by atoms with Crippen molar-refractivity contribution in [1.29, 1.82) is 0 Å². The SMILES string of the molecule is Cc1nc(-c2ccccc2)sc1C(=O)C1=NOC2C(=O)N(c3ccccc3)C(=O)C12. The van der Waals surface area contributed by atoms with Crippen molar-refractivity contribution in [3.05, 3.63) is 71.2 Å². The van der Waals surface area contributed by atoms with E-state index in [1.165, 1.54) is 11.3 Å². The Labute approximate surface area is 175 Å². The molecule has 2 amide bonds. The Hall–Kier alpha value is -3.65. The Kier molecular flexibility index (Phi) is 4.29. The molecule has 1 fully saturated rings. The lowest BCUT2D eigenvalue weighted by molar-refractivity contribution is -0.126. The van der Waals surface area contributed by atoms with Crippen LogP contribution in [-0.4, -0.2) is 34.4 Å². The number of carbonyl (C=O) groups is 3. The van der Waals surface area contributed by atoms with E-state index in [1.807, 2.05) is 30.3 Å². The second kappa shape index (κ2) is 7.00. The highest BCUT2D eigenvalue weighted by atomic mass is 32.1. The molecule has 3 aromatic rings. The second-order valence-electron chi connectivity index (χ2n) is 6.96. The number of amides is 2. The molecule has 7 nitrogen and oxygen atoms in total.